The number of carbonyl (C=O) groups is 3. The number of amides is 3. The smallest absolute Gasteiger partial charge is 0.340 e. The van der Waals surface area contributed by atoms with Crippen LogP contribution in [0.25, 0.3) is 10.1 Å². The van der Waals surface area contributed by atoms with Gasteiger partial charge in [0, 0.05) is 43.0 Å². The molecular weight excluding hydrogens is 634 g/mol. The minimum Gasteiger partial charge on any atom is -0.340 e. The first-order valence-corrected chi connectivity index (χ1v) is 19.2. The molecule has 0 bridgehead atoms. The lowest BCUT2D eigenvalue weighted by molar-refractivity contribution is -0.151. The van der Waals surface area contributed by atoms with Gasteiger partial charge in [-0.3, -0.25) is 23.8 Å². The van der Waals surface area contributed by atoms with E-state index in [1.807, 2.05) is 0 Å². The van der Waals surface area contributed by atoms with Gasteiger partial charge in [-0.25, -0.2) is 12.8 Å². The van der Waals surface area contributed by atoms with Crippen molar-refractivity contribution in [1.29, 1.82) is 0 Å². The molecule has 4 aliphatic rings. The van der Waals surface area contributed by atoms with Crippen molar-refractivity contribution in [3.05, 3.63) is 34.7 Å². The molecule has 3 N–H and O–H groups in total. The van der Waals surface area contributed by atoms with Gasteiger partial charge >= 0.3 is 7.60 Å². The maximum atomic E-state index is 14.2. The number of carbonyl (C=O) groups excluding carboxylic acids is 3. The maximum Gasteiger partial charge on any atom is 0.363 e. The van der Waals surface area contributed by atoms with Gasteiger partial charge in [0.15, 0.2) is 9.84 Å². The summed E-state index contributed by atoms with van der Waals surface area (Å²) in [6, 6.07) is 4.24. The number of fused-ring (bicyclic) bond motifs is 2. The number of likely N-dealkylation sites (tertiary alicyclic amines) is 1. The van der Waals surface area contributed by atoms with Crippen LogP contribution >= 0.6 is 18.9 Å². The number of nitrogens with one attached hydrogen (secondary N) is 1. The van der Waals surface area contributed by atoms with E-state index in [-0.39, 0.29) is 45.8 Å². The van der Waals surface area contributed by atoms with E-state index in [0.29, 0.717) is 55.5 Å². The number of nitrogens with zero attached hydrogens (tertiary/aromatic N) is 3. The Morgan fingerprint density at radius 3 is 2.43 bits per heavy atom. The highest BCUT2D eigenvalue weighted by atomic mass is 32.2. The fourth-order valence-corrected chi connectivity index (χ4v) is 9.55. The number of thiophene rings is 1. The van der Waals surface area contributed by atoms with E-state index in [1.54, 1.807) is 9.80 Å². The van der Waals surface area contributed by atoms with E-state index in [9.17, 15) is 41.5 Å². The molecule has 12 nitrogen and oxygen atoms in total. The maximum absolute atomic E-state index is 14.2. The molecule has 0 saturated carbocycles. The highest BCUT2D eigenvalue weighted by Gasteiger charge is 2.47. The van der Waals surface area contributed by atoms with Crippen LogP contribution in [0.1, 0.15) is 59.7 Å². The van der Waals surface area contributed by atoms with E-state index < -0.39 is 41.3 Å². The van der Waals surface area contributed by atoms with Crippen molar-refractivity contribution in [3.63, 3.8) is 0 Å². The van der Waals surface area contributed by atoms with E-state index in [1.165, 1.54) is 24.3 Å². The molecule has 6 rings (SSSR count). The third kappa shape index (κ3) is 6.32. The Balaban J connectivity index is 1.12. The van der Waals surface area contributed by atoms with Crippen LogP contribution in [-0.4, -0.2) is 112 Å². The number of hydrogen-bond acceptors (Lipinski definition) is 8. The lowest BCUT2D eigenvalue weighted by atomic mass is 9.98. The minimum atomic E-state index is -4.98. The van der Waals surface area contributed by atoms with E-state index >= 15 is 0 Å². The fraction of sp³-hybridized carbons (Fsp3) is 0.607. The molecule has 1 unspecified atom stereocenters. The van der Waals surface area contributed by atoms with Crippen molar-refractivity contribution in [3.8, 4) is 0 Å². The van der Waals surface area contributed by atoms with Gasteiger partial charge in [0.05, 0.1) is 16.4 Å². The van der Waals surface area contributed by atoms with Crippen LogP contribution in [-0.2, 0) is 24.0 Å². The van der Waals surface area contributed by atoms with Crippen LogP contribution in [0.5, 0.6) is 0 Å². The number of rotatable bonds is 6. The number of sulfone groups is 1. The zero-order valence-electron chi connectivity index (χ0n) is 24.0. The molecule has 1 aromatic heterocycles. The fourth-order valence-electron chi connectivity index (χ4n) is 6.82. The zero-order valence-corrected chi connectivity index (χ0v) is 26.5. The molecule has 3 amide bonds. The first-order valence-electron chi connectivity index (χ1n) is 14.9. The van der Waals surface area contributed by atoms with Crippen molar-refractivity contribution in [2.45, 2.75) is 68.6 Å². The third-order valence-corrected chi connectivity index (χ3v) is 12.9. The molecular formula is C28H36FN4O8PS2. The second-order valence-corrected chi connectivity index (χ2v) is 17.2. The average Bonchev–Trinajstić information content (AvgIpc) is 3.56. The van der Waals surface area contributed by atoms with E-state index in [0.717, 1.165) is 30.6 Å². The quantitative estimate of drug-likeness (QED) is 0.390. The van der Waals surface area contributed by atoms with Gasteiger partial charge in [-0.1, -0.05) is 18.9 Å². The number of benzene rings is 1. The van der Waals surface area contributed by atoms with Crippen LogP contribution in [0.2, 0.25) is 0 Å². The Morgan fingerprint density at radius 2 is 1.73 bits per heavy atom. The van der Waals surface area contributed by atoms with Gasteiger partial charge in [0.1, 0.15) is 12.1 Å². The third-order valence-electron chi connectivity index (χ3n) is 9.33. The highest BCUT2D eigenvalue weighted by Crippen LogP contribution is 2.53. The van der Waals surface area contributed by atoms with E-state index in [4.69, 9.17) is 0 Å². The van der Waals surface area contributed by atoms with Gasteiger partial charge in [-0.15, -0.1) is 11.3 Å². The molecule has 4 aliphatic heterocycles. The van der Waals surface area contributed by atoms with Gasteiger partial charge in [-0.05, 0) is 54.8 Å². The first kappa shape index (κ1) is 31.6. The summed E-state index contributed by atoms with van der Waals surface area (Å²) >= 11 is 1.13. The molecule has 0 radical (unpaired) electrons. The topological polar surface area (TPSA) is 165 Å². The lowest BCUT2D eigenvalue weighted by Crippen LogP contribution is -2.66. The van der Waals surface area contributed by atoms with Gasteiger partial charge in [0.25, 0.3) is 5.91 Å². The summed E-state index contributed by atoms with van der Waals surface area (Å²) in [5.41, 5.74) is -0.182. The summed E-state index contributed by atoms with van der Waals surface area (Å²) in [5.74, 6) is -3.06. The lowest BCUT2D eigenvalue weighted by Gasteiger charge is -2.48. The van der Waals surface area contributed by atoms with Crippen LogP contribution in [0, 0.1) is 0 Å². The van der Waals surface area contributed by atoms with Gasteiger partial charge in [-0.2, -0.15) is 0 Å². The van der Waals surface area contributed by atoms with Crippen LogP contribution in [0.15, 0.2) is 24.3 Å². The monoisotopic (exact) mass is 670 g/mol. The van der Waals surface area contributed by atoms with Crippen LogP contribution in [0.3, 0.4) is 0 Å². The molecule has 16 heteroatoms. The van der Waals surface area contributed by atoms with Crippen LogP contribution < -0.4 is 5.32 Å². The van der Waals surface area contributed by atoms with E-state index in [2.05, 4.69) is 10.2 Å². The Hall–Kier alpha value is -2.42. The second-order valence-electron chi connectivity index (χ2n) is 12.2. The Bertz CT molecular complexity index is 1610. The molecule has 0 spiro atoms. The zero-order chi connectivity index (χ0) is 31.4. The predicted molar refractivity (Wildman–Crippen MR) is 162 cm³/mol. The van der Waals surface area contributed by atoms with Crippen molar-refractivity contribution >= 4 is 56.6 Å². The SMILES string of the molecule is O=C(N[C@H]1CCCC[C@H]2CC[C@@H](C(=O)N3CC(N4CCS(=O)(=O)CC4)C3)N2C1=O)c1cc2cc(C(F)P(=O)(O)O)ccc2s1. The molecule has 0 aliphatic carbocycles. The van der Waals surface area contributed by atoms with Gasteiger partial charge in [0.2, 0.25) is 17.7 Å². The number of alkyl halides is 1. The summed E-state index contributed by atoms with van der Waals surface area (Å²) in [7, 11) is -7.97. The molecule has 4 fully saturated rings. The van der Waals surface area contributed by atoms with Crippen molar-refractivity contribution in [2.75, 3.05) is 37.7 Å². The molecule has 1 aromatic carbocycles. The average molecular weight is 671 g/mol. The molecule has 4 saturated heterocycles. The molecule has 5 heterocycles. The first-order chi connectivity index (χ1) is 20.8. The van der Waals surface area contributed by atoms with Gasteiger partial charge < -0.3 is 24.9 Å². The second kappa shape index (κ2) is 12.1. The molecule has 44 heavy (non-hydrogen) atoms. The van der Waals surface area contributed by atoms with Crippen molar-refractivity contribution < 1.29 is 41.5 Å². The standard InChI is InChI=1S/C28H36FN4O8PS2/c29-25(42(37,38)39)17-5-8-23-18(13-17)14-24(43-23)26(34)30-21-4-2-1-3-19-6-7-22(33(19)27(21)35)28(36)32-15-20(16-32)31-9-11-44(40,41)12-10-31/h5,8,13-14,19-22,25H,1-4,6-7,9-12,15-16H2,(H,30,34)(H2,37,38,39)/t19-,21-,22-,25?/m0/s1. The minimum absolute atomic E-state index is 0.0778. The highest BCUT2D eigenvalue weighted by molar-refractivity contribution is 7.91. The van der Waals surface area contributed by atoms with Crippen molar-refractivity contribution in [2.24, 2.45) is 0 Å². The number of hydrogen-bond donors (Lipinski definition) is 3. The Kier molecular flexibility index (Phi) is 8.66. The summed E-state index contributed by atoms with van der Waals surface area (Å²) in [6.45, 7) is 1.95. The predicted octanol–water partition coefficient (Wildman–Crippen LogP) is 2.02. The molecule has 240 valence electrons. The van der Waals surface area contributed by atoms with Crippen molar-refractivity contribution in [1.82, 2.24) is 20.0 Å². The summed E-state index contributed by atoms with van der Waals surface area (Å²) in [6.07, 6.45) is 4.11. The Labute approximate surface area is 258 Å². The summed E-state index contributed by atoms with van der Waals surface area (Å²) in [4.78, 5) is 65.1. The molecule has 4 atom stereocenters. The Morgan fingerprint density at radius 1 is 1.02 bits per heavy atom. The van der Waals surface area contributed by atoms with Crippen LogP contribution in [0.4, 0.5) is 4.39 Å². The molecule has 2 aromatic rings. The number of halogens is 1. The normalized spacial score (nSPS) is 27.3. The largest absolute Gasteiger partial charge is 0.363 e. The summed E-state index contributed by atoms with van der Waals surface area (Å²) < 4.78 is 49.8. The summed E-state index contributed by atoms with van der Waals surface area (Å²) in [5, 5.41) is 3.32.